The maximum absolute atomic E-state index is 13.9. The van der Waals surface area contributed by atoms with E-state index >= 15 is 0 Å². The largest absolute Gasteiger partial charge is 0.435 e. The maximum Gasteiger partial charge on any atom is 0.435 e. The molecule has 0 bridgehead atoms. The van der Waals surface area contributed by atoms with E-state index in [1.165, 1.54) is 10.1 Å². The first-order chi connectivity index (χ1) is 14.9. The minimum absolute atomic E-state index is 0.0187. The van der Waals surface area contributed by atoms with Gasteiger partial charge in [0.25, 0.3) is 0 Å². The van der Waals surface area contributed by atoms with Gasteiger partial charge in [-0.3, -0.25) is 0 Å². The predicted molar refractivity (Wildman–Crippen MR) is 116 cm³/mol. The highest BCUT2D eigenvalue weighted by Gasteiger charge is 2.39. The van der Waals surface area contributed by atoms with Crippen molar-refractivity contribution in [2.45, 2.75) is 39.3 Å². The van der Waals surface area contributed by atoms with Crippen LogP contribution in [-0.2, 0) is 12.6 Å². The highest BCUT2D eigenvalue weighted by Crippen LogP contribution is 2.39. The van der Waals surface area contributed by atoms with Gasteiger partial charge >= 0.3 is 6.18 Å². The number of alkyl halides is 3. The van der Waals surface area contributed by atoms with E-state index in [1.54, 1.807) is 43.3 Å². The van der Waals surface area contributed by atoms with Gasteiger partial charge < -0.3 is 5.32 Å². The Labute approximate surface area is 178 Å². The van der Waals surface area contributed by atoms with Crippen LogP contribution in [0, 0.1) is 6.92 Å². The van der Waals surface area contributed by atoms with Crippen LogP contribution in [0.3, 0.4) is 0 Å². The molecule has 0 fully saturated rings. The minimum Gasteiger partial charge on any atom is -0.340 e. The number of unbranched alkanes of at least 4 members (excludes halogenated alkanes) is 1. The minimum atomic E-state index is -4.61. The van der Waals surface area contributed by atoms with E-state index in [9.17, 15) is 13.2 Å². The van der Waals surface area contributed by atoms with Crippen LogP contribution < -0.4 is 5.32 Å². The van der Waals surface area contributed by atoms with Gasteiger partial charge in [-0.15, -0.1) is 0 Å². The molecule has 1 N–H and O–H groups in total. The van der Waals surface area contributed by atoms with Crippen molar-refractivity contribution >= 4 is 17.2 Å². The number of hydrogen-bond acceptors (Lipinski definition) is 3. The number of fused-ring (bicyclic) bond motifs is 1. The van der Waals surface area contributed by atoms with Crippen molar-refractivity contribution in [3.05, 3.63) is 77.6 Å². The highest BCUT2D eigenvalue weighted by atomic mass is 19.4. The molecule has 0 aliphatic heterocycles. The molecule has 0 atom stereocenters. The third kappa shape index (κ3) is 4.40. The second-order valence-electron chi connectivity index (χ2n) is 7.53. The van der Waals surface area contributed by atoms with Gasteiger partial charge in [-0.1, -0.05) is 55.8 Å². The summed E-state index contributed by atoms with van der Waals surface area (Å²) in [6.45, 7) is 3.91. The second-order valence-corrected chi connectivity index (χ2v) is 7.53. The van der Waals surface area contributed by atoms with Crippen molar-refractivity contribution in [3.63, 3.8) is 0 Å². The third-order valence-electron chi connectivity index (χ3n) is 5.09. The molecule has 4 rings (SSSR count). The molecule has 0 amide bonds. The van der Waals surface area contributed by atoms with Gasteiger partial charge in [0.1, 0.15) is 5.82 Å². The van der Waals surface area contributed by atoms with Crippen molar-refractivity contribution in [1.82, 2.24) is 14.6 Å². The summed E-state index contributed by atoms with van der Waals surface area (Å²) in [4.78, 5) is 4.40. The molecule has 2 aromatic heterocycles. The summed E-state index contributed by atoms with van der Waals surface area (Å²) >= 11 is 0. The molecular weight excluding hydrogens is 401 g/mol. The van der Waals surface area contributed by atoms with Gasteiger partial charge in [0.15, 0.2) is 11.3 Å². The van der Waals surface area contributed by atoms with Gasteiger partial charge in [-0.2, -0.15) is 22.8 Å². The number of halogens is 3. The number of benzene rings is 2. The second kappa shape index (κ2) is 8.41. The summed E-state index contributed by atoms with van der Waals surface area (Å²) < 4.78 is 42.8. The average molecular weight is 424 g/mol. The lowest BCUT2D eigenvalue weighted by atomic mass is 10.1. The molecule has 0 aliphatic carbocycles. The Kier molecular flexibility index (Phi) is 5.67. The molecule has 0 spiro atoms. The van der Waals surface area contributed by atoms with Crippen molar-refractivity contribution in [2.75, 3.05) is 5.32 Å². The first-order valence-corrected chi connectivity index (χ1v) is 10.3. The normalized spacial score (nSPS) is 11.8. The van der Waals surface area contributed by atoms with Crippen LogP contribution in [0.4, 0.5) is 24.7 Å². The van der Waals surface area contributed by atoms with Crippen LogP contribution in [0.25, 0.3) is 16.8 Å². The lowest BCUT2D eigenvalue weighted by Gasteiger charge is -2.10. The van der Waals surface area contributed by atoms with Crippen molar-refractivity contribution in [3.8, 4) is 11.1 Å². The van der Waals surface area contributed by atoms with Crippen molar-refractivity contribution in [2.24, 2.45) is 0 Å². The number of aryl methyl sites for hydroxylation is 2. The van der Waals surface area contributed by atoms with Gasteiger partial charge in [0, 0.05) is 17.4 Å². The Morgan fingerprint density at radius 1 is 1.00 bits per heavy atom. The van der Waals surface area contributed by atoms with E-state index < -0.39 is 11.9 Å². The fourth-order valence-corrected chi connectivity index (χ4v) is 3.58. The first kappa shape index (κ1) is 20.9. The zero-order chi connectivity index (χ0) is 22.0. The molecule has 160 valence electrons. The Balaban J connectivity index is 1.81. The average Bonchev–Trinajstić information content (AvgIpc) is 3.14. The fourth-order valence-electron chi connectivity index (χ4n) is 3.58. The van der Waals surface area contributed by atoms with Crippen molar-refractivity contribution in [1.29, 1.82) is 0 Å². The lowest BCUT2D eigenvalue weighted by molar-refractivity contribution is -0.140. The molecule has 2 aromatic carbocycles. The molecule has 0 saturated carbocycles. The van der Waals surface area contributed by atoms with Gasteiger partial charge in [-0.25, -0.2) is 4.98 Å². The summed E-state index contributed by atoms with van der Waals surface area (Å²) in [6.07, 6.45) is -1.36. The quantitative estimate of drug-likeness (QED) is 0.370. The molecule has 2 heterocycles. The smallest absolute Gasteiger partial charge is 0.340 e. The van der Waals surface area contributed by atoms with Crippen molar-refractivity contribution < 1.29 is 13.2 Å². The van der Waals surface area contributed by atoms with E-state index in [0.717, 1.165) is 24.9 Å². The molecular formula is C24H23F3N4. The number of aromatic nitrogens is 3. The number of hydrogen-bond donors (Lipinski definition) is 1. The zero-order valence-corrected chi connectivity index (χ0v) is 17.4. The van der Waals surface area contributed by atoms with E-state index in [1.807, 2.05) is 24.3 Å². The number of nitrogens with zero attached hydrogens (tertiary/aromatic N) is 3. The predicted octanol–water partition coefficient (Wildman–Crippen LogP) is 6.81. The molecule has 4 nitrogen and oxygen atoms in total. The number of anilines is 2. The fraction of sp³-hybridized carbons (Fsp3) is 0.250. The first-order valence-electron chi connectivity index (χ1n) is 10.3. The van der Waals surface area contributed by atoms with E-state index in [4.69, 9.17) is 0 Å². The number of nitrogens with one attached hydrogen (secondary N) is 1. The standard InChI is InChI=1S/C24H23F3N4/c1-3-4-8-17-11-13-19(14-12-17)29-20-15-16(2)28-23-21(18-9-6-5-7-10-18)22(24(25,26)27)30-31(20)23/h5-7,9-15,29H,3-4,8H2,1-2H3. The van der Waals surface area contributed by atoms with Gasteiger partial charge in [-0.05, 0) is 43.0 Å². The van der Waals surface area contributed by atoms with E-state index in [0.29, 0.717) is 17.1 Å². The van der Waals surface area contributed by atoms with Crippen LogP contribution in [0.15, 0.2) is 60.7 Å². The summed E-state index contributed by atoms with van der Waals surface area (Å²) in [5.41, 5.74) is 2.23. The Bertz CT molecular complexity index is 1180. The Hall–Kier alpha value is -3.35. The molecule has 31 heavy (non-hydrogen) atoms. The zero-order valence-electron chi connectivity index (χ0n) is 17.4. The Morgan fingerprint density at radius 3 is 2.35 bits per heavy atom. The monoisotopic (exact) mass is 424 g/mol. The highest BCUT2D eigenvalue weighted by molar-refractivity contribution is 5.82. The SMILES string of the molecule is CCCCc1ccc(Nc2cc(C)nc3c(-c4ccccc4)c(C(F)(F)F)nn23)cc1. The van der Waals surface area contributed by atoms with Crippen LogP contribution in [-0.4, -0.2) is 14.6 Å². The topological polar surface area (TPSA) is 42.2 Å². The van der Waals surface area contributed by atoms with Gasteiger partial charge in [0.2, 0.25) is 0 Å². The van der Waals surface area contributed by atoms with Crippen LogP contribution in [0.1, 0.15) is 36.7 Å². The summed E-state index contributed by atoms with van der Waals surface area (Å²) in [7, 11) is 0. The summed E-state index contributed by atoms with van der Waals surface area (Å²) in [5.74, 6) is 0.427. The van der Waals surface area contributed by atoms with Crippen LogP contribution in [0.5, 0.6) is 0 Å². The maximum atomic E-state index is 13.9. The summed E-state index contributed by atoms with van der Waals surface area (Å²) in [5, 5.41) is 7.13. The molecule has 4 aromatic rings. The third-order valence-corrected chi connectivity index (χ3v) is 5.09. The molecule has 0 radical (unpaired) electrons. The number of rotatable bonds is 6. The van der Waals surface area contributed by atoms with Crippen LogP contribution in [0.2, 0.25) is 0 Å². The molecule has 7 heteroatoms. The van der Waals surface area contributed by atoms with Gasteiger partial charge in [0.05, 0.1) is 5.56 Å². The van der Waals surface area contributed by atoms with E-state index in [2.05, 4.69) is 22.3 Å². The lowest BCUT2D eigenvalue weighted by Crippen LogP contribution is -2.08. The molecule has 0 aliphatic rings. The van der Waals surface area contributed by atoms with E-state index in [-0.39, 0.29) is 11.2 Å². The van der Waals surface area contributed by atoms with Crippen LogP contribution >= 0.6 is 0 Å². The summed E-state index contributed by atoms with van der Waals surface area (Å²) in [6, 6.07) is 18.1. The molecule has 0 saturated heterocycles. The Morgan fingerprint density at radius 2 is 1.71 bits per heavy atom. The molecule has 0 unspecified atom stereocenters.